The fourth-order valence-corrected chi connectivity index (χ4v) is 4.60. The lowest BCUT2D eigenvalue weighted by Gasteiger charge is -2.31. The summed E-state index contributed by atoms with van der Waals surface area (Å²) in [6.45, 7) is 6.35. The lowest BCUT2D eigenvalue weighted by molar-refractivity contribution is -0.130. The topological polar surface area (TPSA) is 136 Å². The molecule has 0 aliphatic carbocycles. The number of hydrogen-bond donors (Lipinski definition) is 4. The zero-order valence-electron chi connectivity index (χ0n) is 19.7. The van der Waals surface area contributed by atoms with Crippen LogP contribution in [0.4, 0.5) is 0 Å². The predicted octanol–water partition coefficient (Wildman–Crippen LogP) is 2.42. The summed E-state index contributed by atoms with van der Waals surface area (Å²) in [7, 11) is 0. The van der Waals surface area contributed by atoms with Crippen LogP contribution in [0.3, 0.4) is 0 Å². The minimum Gasteiger partial charge on any atom is -0.493 e. The Kier molecular flexibility index (Phi) is 7.59. The molecule has 2 aromatic heterocycles. The highest BCUT2D eigenvalue weighted by atomic mass is 16.5. The molecule has 10 nitrogen and oxygen atoms in total. The van der Waals surface area contributed by atoms with Crippen molar-refractivity contribution in [3.63, 3.8) is 0 Å². The van der Waals surface area contributed by atoms with Crippen molar-refractivity contribution in [1.82, 2.24) is 30.5 Å². The normalized spacial score (nSPS) is 15.0. The van der Waals surface area contributed by atoms with Gasteiger partial charge in [-0.05, 0) is 69.3 Å². The van der Waals surface area contributed by atoms with Gasteiger partial charge < -0.3 is 9.72 Å². The first kappa shape index (κ1) is 23.9. The first-order chi connectivity index (χ1) is 16.5. The Bertz CT molecular complexity index is 1200. The molecule has 0 bridgehead atoms. The molecule has 0 radical (unpaired) electrons. The number of nitrogens with zero attached hydrogens (tertiary/aromatic N) is 3. The van der Waals surface area contributed by atoms with Crippen LogP contribution >= 0.6 is 0 Å². The van der Waals surface area contributed by atoms with Crippen LogP contribution in [0.2, 0.25) is 0 Å². The van der Waals surface area contributed by atoms with Crippen molar-refractivity contribution < 1.29 is 14.7 Å². The summed E-state index contributed by atoms with van der Waals surface area (Å²) < 4.78 is 5.86. The Labute approximate surface area is 197 Å². The van der Waals surface area contributed by atoms with Gasteiger partial charge in [0.05, 0.1) is 24.4 Å². The van der Waals surface area contributed by atoms with Gasteiger partial charge in [0.15, 0.2) is 5.52 Å². The molecule has 1 fully saturated rings. The smallest absolute Gasteiger partial charge is 0.279 e. The van der Waals surface area contributed by atoms with Crippen LogP contribution in [-0.4, -0.2) is 62.4 Å². The second-order valence-electron chi connectivity index (χ2n) is 8.79. The van der Waals surface area contributed by atoms with Crippen LogP contribution in [-0.2, 0) is 17.6 Å². The average molecular weight is 469 g/mol. The number of fused-ring (bicyclic) bond motifs is 1. The van der Waals surface area contributed by atoms with E-state index in [0.29, 0.717) is 35.1 Å². The molecule has 34 heavy (non-hydrogen) atoms. The van der Waals surface area contributed by atoms with E-state index in [9.17, 15) is 9.59 Å². The van der Waals surface area contributed by atoms with Gasteiger partial charge in [-0.3, -0.25) is 24.8 Å². The van der Waals surface area contributed by atoms with Crippen molar-refractivity contribution in [1.29, 1.82) is 0 Å². The Morgan fingerprint density at radius 3 is 2.76 bits per heavy atom. The second-order valence-corrected chi connectivity index (χ2v) is 8.79. The number of piperidine rings is 1. The van der Waals surface area contributed by atoms with Crippen LogP contribution in [0.1, 0.15) is 44.4 Å². The minimum atomic E-state index is -0.382. The van der Waals surface area contributed by atoms with E-state index in [2.05, 4.69) is 34.2 Å². The average Bonchev–Trinajstić information content (AvgIpc) is 3.25. The molecular weight excluding hydrogens is 436 g/mol. The number of rotatable bonds is 9. The number of hydroxylamine groups is 1. The molecule has 4 N–H and O–H groups in total. The number of nitrogens with one attached hydrogen (secondary N) is 3. The molecule has 10 heteroatoms. The number of ether oxygens (including phenoxy) is 1. The number of hydrogen-bond acceptors (Lipinski definition) is 7. The first-order valence-corrected chi connectivity index (χ1v) is 11.9. The van der Waals surface area contributed by atoms with Gasteiger partial charge in [-0.1, -0.05) is 19.4 Å². The highest BCUT2D eigenvalue weighted by molar-refractivity contribution is 5.79. The number of aromatic nitrogens is 4. The van der Waals surface area contributed by atoms with Crippen LogP contribution in [0, 0.1) is 5.92 Å². The lowest BCUT2D eigenvalue weighted by Crippen LogP contribution is -2.41. The van der Waals surface area contributed by atoms with Gasteiger partial charge >= 0.3 is 0 Å². The van der Waals surface area contributed by atoms with Crippen molar-refractivity contribution in [3.8, 4) is 17.1 Å². The van der Waals surface area contributed by atoms with Crippen molar-refractivity contribution in [2.24, 2.45) is 5.92 Å². The number of H-pyrrole nitrogens is 2. The molecule has 1 aliphatic rings. The molecular formula is C24H32N6O4. The maximum Gasteiger partial charge on any atom is 0.279 e. The van der Waals surface area contributed by atoms with Gasteiger partial charge in [0.25, 0.3) is 11.5 Å². The molecule has 1 aromatic carbocycles. The lowest BCUT2D eigenvalue weighted by atomic mass is 9.89. The van der Waals surface area contributed by atoms with E-state index in [1.165, 1.54) is 0 Å². The van der Waals surface area contributed by atoms with Gasteiger partial charge in [0.1, 0.15) is 17.1 Å². The molecule has 182 valence electrons. The minimum absolute atomic E-state index is 0.214. The summed E-state index contributed by atoms with van der Waals surface area (Å²) in [4.78, 5) is 33.8. The van der Waals surface area contributed by atoms with Gasteiger partial charge in [-0.2, -0.15) is 5.10 Å². The number of amides is 1. The second kappa shape index (κ2) is 10.8. The van der Waals surface area contributed by atoms with E-state index < -0.39 is 0 Å². The summed E-state index contributed by atoms with van der Waals surface area (Å²) in [6, 6.07) is 6.07. The molecule has 0 spiro atoms. The Morgan fingerprint density at radius 2 is 2.06 bits per heavy atom. The van der Waals surface area contributed by atoms with Gasteiger partial charge in [-0.15, -0.1) is 0 Å². The maximum absolute atomic E-state index is 12.7. The third kappa shape index (κ3) is 5.28. The Morgan fingerprint density at radius 1 is 1.26 bits per heavy atom. The van der Waals surface area contributed by atoms with E-state index in [4.69, 9.17) is 14.9 Å². The van der Waals surface area contributed by atoms with Crippen LogP contribution < -0.4 is 15.8 Å². The summed E-state index contributed by atoms with van der Waals surface area (Å²) in [6.07, 6.45) is 4.52. The molecule has 1 saturated heterocycles. The van der Waals surface area contributed by atoms with E-state index in [0.717, 1.165) is 62.0 Å². The largest absolute Gasteiger partial charge is 0.493 e. The number of carbonyl (C=O) groups is 1. The van der Waals surface area contributed by atoms with Crippen LogP contribution in [0.25, 0.3) is 22.4 Å². The number of likely N-dealkylation sites (tertiary alicyclic amines) is 1. The summed E-state index contributed by atoms with van der Waals surface area (Å²) in [5, 5.41) is 15.8. The zero-order valence-corrected chi connectivity index (χ0v) is 19.7. The molecule has 1 amide bonds. The van der Waals surface area contributed by atoms with Crippen molar-refractivity contribution in [2.75, 3.05) is 26.2 Å². The van der Waals surface area contributed by atoms with Crippen molar-refractivity contribution in [3.05, 3.63) is 39.8 Å². The quantitative estimate of drug-likeness (QED) is 0.280. The molecule has 0 atom stereocenters. The molecule has 0 saturated carbocycles. The first-order valence-electron chi connectivity index (χ1n) is 11.9. The fraction of sp³-hybridized carbons (Fsp3) is 0.500. The van der Waals surface area contributed by atoms with Gasteiger partial charge in [-0.25, -0.2) is 10.5 Å². The SMILES string of the molecule is CCCc1[nH]nc2c(=O)[nH]c(-c3cc(CC4CCN(CC(=O)NO)CC4)ccc3OCC)nc12. The predicted molar refractivity (Wildman–Crippen MR) is 128 cm³/mol. The highest BCUT2D eigenvalue weighted by Crippen LogP contribution is 2.31. The van der Waals surface area contributed by atoms with E-state index in [1.807, 2.05) is 17.9 Å². The molecule has 1 aliphatic heterocycles. The van der Waals surface area contributed by atoms with Crippen molar-refractivity contribution >= 4 is 16.9 Å². The fourth-order valence-electron chi connectivity index (χ4n) is 4.60. The molecule has 3 heterocycles. The van der Waals surface area contributed by atoms with E-state index in [1.54, 1.807) is 5.48 Å². The number of aromatic amines is 2. The maximum atomic E-state index is 12.7. The Hall–Kier alpha value is -3.24. The standard InChI is InChI=1S/C24H32N6O4/c1-3-5-18-21-22(28-27-18)24(32)26-23(25-21)17-13-16(6-7-19(17)34-4-2)12-15-8-10-30(11-9-15)14-20(31)29-33/h6-7,13,15,33H,3-5,8-12,14H2,1-2H3,(H,27,28)(H,29,31)(H,25,26,32). The molecule has 3 aromatic rings. The monoisotopic (exact) mass is 468 g/mol. The van der Waals surface area contributed by atoms with Gasteiger partial charge in [0, 0.05) is 0 Å². The number of aryl methyl sites for hydroxylation is 1. The molecule has 4 rings (SSSR count). The van der Waals surface area contributed by atoms with E-state index >= 15 is 0 Å². The van der Waals surface area contributed by atoms with Crippen LogP contribution in [0.15, 0.2) is 23.0 Å². The van der Waals surface area contributed by atoms with E-state index in [-0.39, 0.29) is 18.0 Å². The van der Waals surface area contributed by atoms with Crippen LogP contribution in [0.5, 0.6) is 5.75 Å². The third-order valence-corrected chi connectivity index (χ3v) is 6.31. The summed E-state index contributed by atoms with van der Waals surface area (Å²) in [5.74, 6) is 1.26. The summed E-state index contributed by atoms with van der Waals surface area (Å²) in [5.41, 5.74) is 5.12. The Balaban J connectivity index is 1.58. The van der Waals surface area contributed by atoms with Gasteiger partial charge in [0.2, 0.25) is 0 Å². The number of benzene rings is 1. The highest BCUT2D eigenvalue weighted by Gasteiger charge is 2.22. The zero-order chi connectivity index (χ0) is 24.1. The molecule has 0 unspecified atom stereocenters. The third-order valence-electron chi connectivity index (χ3n) is 6.31. The number of carbonyl (C=O) groups excluding carboxylic acids is 1. The summed E-state index contributed by atoms with van der Waals surface area (Å²) >= 11 is 0. The van der Waals surface area contributed by atoms with Crippen molar-refractivity contribution in [2.45, 2.75) is 46.0 Å².